The summed E-state index contributed by atoms with van der Waals surface area (Å²) >= 11 is 0. The third-order valence-electron chi connectivity index (χ3n) is 4.18. The van der Waals surface area contributed by atoms with Gasteiger partial charge in [0.1, 0.15) is 0 Å². The summed E-state index contributed by atoms with van der Waals surface area (Å²) in [4.78, 5) is 0. The molecule has 2 saturated heterocycles. The third-order valence-corrected chi connectivity index (χ3v) is 4.18. The summed E-state index contributed by atoms with van der Waals surface area (Å²) in [5, 5.41) is 6.60. The molecular formula is C18H28N2O4. The van der Waals surface area contributed by atoms with Gasteiger partial charge < -0.3 is 29.6 Å². The summed E-state index contributed by atoms with van der Waals surface area (Å²) in [6.07, 6.45) is 0.339. The number of morpholine rings is 2. The quantitative estimate of drug-likeness (QED) is 0.729. The molecule has 0 aromatic heterocycles. The van der Waals surface area contributed by atoms with Gasteiger partial charge in [-0.25, -0.2) is 0 Å². The predicted molar refractivity (Wildman–Crippen MR) is 91.0 cm³/mol. The molecule has 6 heteroatoms. The zero-order chi connectivity index (χ0) is 16.5. The van der Waals surface area contributed by atoms with Gasteiger partial charge in [-0.1, -0.05) is 24.3 Å². The van der Waals surface area contributed by atoms with Crippen molar-refractivity contribution in [3.05, 3.63) is 35.4 Å². The van der Waals surface area contributed by atoms with E-state index in [2.05, 4.69) is 34.9 Å². The van der Waals surface area contributed by atoms with E-state index in [1.54, 1.807) is 0 Å². The van der Waals surface area contributed by atoms with Crippen molar-refractivity contribution in [2.24, 2.45) is 0 Å². The molecule has 0 bridgehead atoms. The van der Waals surface area contributed by atoms with Gasteiger partial charge in [0.05, 0.1) is 51.8 Å². The normalized spacial score (nSPS) is 24.8. The van der Waals surface area contributed by atoms with Crippen LogP contribution >= 0.6 is 0 Å². The fourth-order valence-electron chi connectivity index (χ4n) is 2.80. The largest absolute Gasteiger partial charge is 0.374 e. The first-order valence-electron chi connectivity index (χ1n) is 8.78. The van der Waals surface area contributed by atoms with E-state index in [1.807, 2.05) is 0 Å². The maximum atomic E-state index is 5.74. The monoisotopic (exact) mass is 336 g/mol. The summed E-state index contributed by atoms with van der Waals surface area (Å²) in [6, 6.07) is 8.38. The number of nitrogens with one attached hydrogen (secondary N) is 2. The molecule has 2 fully saturated rings. The molecule has 24 heavy (non-hydrogen) atoms. The van der Waals surface area contributed by atoms with Gasteiger partial charge in [-0.3, -0.25) is 0 Å². The summed E-state index contributed by atoms with van der Waals surface area (Å²) in [6.45, 7) is 7.64. The van der Waals surface area contributed by atoms with Gasteiger partial charge >= 0.3 is 0 Å². The fourth-order valence-corrected chi connectivity index (χ4v) is 2.80. The first-order chi connectivity index (χ1) is 11.9. The number of rotatable bonds is 8. The smallest absolute Gasteiger partial charge is 0.0933 e. The van der Waals surface area contributed by atoms with E-state index < -0.39 is 0 Å². The second-order valence-electron chi connectivity index (χ2n) is 6.24. The zero-order valence-electron chi connectivity index (χ0n) is 14.2. The minimum absolute atomic E-state index is 0.169. The summed E-state index contributed by atoms with van der Waals surface area (Å²) in [5.41, 5.74) is 2.34. The Bertz CT molecular complexity index is 414. The Morgan fingerprint density at radius 2 is 1.25 bits per heavy atom. The number of hydrogen-bond donors (Lipinski definition) is 2. The van der Waals surface area contributed by atoms with Crippen LogP contribution in [0.15, 0.2) is 24.3 Å². The molecule has 0 aliphatic carbocycles. The minimum atomic E-state index is 0.169. The van der Waals surface area contributed by atoms with Gasteiger partial charge in [0, 0.05) is 26.2 Å². The molecule has 0 radical (unpaired) electrons. The highest BCUT2D eigenvalue weighted by Gasteiger charge is 2.14. The van der Waals surface area contributed by atoms with Crippen LogP contribution in [0.4, 0.5) is 0 Å². The highest BCUT2D eigenvalue weighted by Crippen LogP contribution is 2.09. The lowest BCUT2D eigenvalue weighted by molar-refractivity contribution is -0.0362. The van der Waals surface area contributed by atoms with Crippen LogP contribution < -0.4 is 10.6 Å². The van der Waals surface area contributed by atoms with Crippen LogP contribution in [0.2, 0.25) is 0 Å². The Morgan fingerprint density at radius 3 is 1.62 bits per heavy atom. The summed E-state index contributed by atoms with van der Waals surface area (Å²) in [7, 11) is 0. The molecule has 0 amide bonds. The van der Waals surface area contributed by atoms with E-state index in [4.69, 9.17) is 18.9 Å². The van der Waals surface area contributed by atoms with Crippen LogP contribution in [-0.2, 0) is 32.2 Å². The topological polar surface area (TPSA) is 61.0 Å². The molecule has 1 aromatic carbocycles. The highest BCUT2D eigenvalue weighted by atomic mass is 16.5. The van der Waals surface area contributed by atoms with Crippen molar-refractivity contribution in [1.29, 1.82) is 0 Å². The molecule has 2 N–H and O–H groups in total. The third kappa shape index (κ3) is 6.12. The standard InChI is InChI=1S/C18H28N2O4/c1-2-16(12-22-14-18-10-20-6-8-24-18)4-3-15(1)11-21-13-17-9-19-5-7-23-17/h1-4,17-20H,5-14H2/t17-,18-/m0/s1. The first-order valence-corrected chi connectivity index (χ1v) is 8.78. The van der Waals surface area contributed by atoms with Crippen molar-refractivity contribution >= 4 is 0 Å². The molecule has 2 atom stereocenters. The number of benzene rings is 1. The van der Waals surface area contributed by atoms with Crippen LogP contribution in [0.3, 0.4) is 0 Å². The van der Waals surface area contributed by atoms with E-state index in [9.17, 15) is 0 Å². The lowest BCUT2D eigenvalue weighted by Crippen LogP contribution is -2.40. The predicted octanol–water partition coefficient (Wildman–Crippen LogP) is 0.697. The molecular weight excluding hydrogens is 308 g/mol. The SMILES string of the molecule is c1cc(COC[C@@H]2CNCCO2)ccc1COC[C@@H]1CNCCO1. The zero-order valence-corrected chi connectivity index (χ0v) is 14.2. The van der Waals surface area contributed by atoms with Crippen LogP contribution in [0.1, 0.15) is 11.1 Å². The Balaban J connectivity index is 1.31. The Morgan fingerprint density at radius 1 is 0.792 bits per heavy atom. The van der Waals surface area contributed by atoms with E-state index in [-0.39, 0.29) is 12.2 Å². The lowest BCUT2D eigenvalue weighted by atomic mass is 10.1. The molecule has 0 unspecified atom stereocenters. The van der Waals surface area contributed by atoms with Crippen molar-refractivity contribution in [3.63, 3.8) is 0 Å². The molecule has 0 spiro atoms. The number of hydrogen-bond acceptors (Lipinski definition) is 6. The first kappa shape index (κ1) is 17.8. The molecule has 1 aromatic rings. The summed E-state index contributed by atoms with van der Waals surface area (Å²) in [5.74, 6) is 0. The van der Waals surface area contributed by atoms with Gasteiger partial charge in [0.15, 0.2) is 0 Å². The van der Waals surface area contributed by atoms with Gasteiger partial charge in [-0.2, -0.15) is 0 Å². The number of ether oxygens (including phenoxy) is 4. The summed E-state index contributed by atoms with van der Waals surface area (Å²) < 4.78 is 22.7. The second kappa shape index (κ2) is 10.1. The van der Waals surface area contributed by atoms with Crippen LogP contribution in [-0.4, -0.2) is 64.8 Å². The van der Waals surface area contributed by atoms with Crippen molar-refractivity contribution in [2.45, 2.75) is 25.4 Å². The van der Waals surface area contributed by atoms with Gasteiger partial charge in [-0.05, 0) is 11.1 Å². The molecule has 2 heterocycles. The molecule has 3 rings (SSSR count). The maximum absolute atomic E-state index is 5.74. The van der Waals surface area contributed by atoms with E-state index in [0.29, 0.717) is 26.4 Å². The average molecular weight is 336 g/mol. The molecule has 134 valence electrons. The van der Waals surface area contributed by atoms with Gasteiger partial charge in [0.2, 0.25) is 0 Å². The Hall–Kier alpha value is -1.02. The van der Waals surface area contributed by atoms with Crippen LogP contribution in [0.5, 0.6) is 0 Å². The van der Waals surface area contributed by atoms with E-state index in [0.717, 1.165) is 39.4 Å². The molecule has 6 nitrogen and oxygen atoms in total. The lowest BCUT2D eigenvalue weighted by Gasteiger charge is -2.23. The van der Waals surface area contributed by atoms with Crippen molar-refractivity contribution in [3.8, 4) is 0 Å². The minimum Gasteiger partial charge on any atom is -0.374 e. The van der Waals surface area contributed by atoms with Crippen LogP contribution in [0, 0.1) is 0 Å². The molecule has 0 saturated carbocycles. The van der Waals surface area contributed by atoms with Gasteiger partial charge in [0.25, 0.3) is 0 Å². The van der Waals surface area contributed by atoms with Gasteiger partial charge in [-0.15, -0.1) is 0 Å². The molecule has 2 aliphatic heterocycles. The second-order valence-corrected chi connectivity index (χ2v) is 6.24. The van der Waals surface area contributed by atoms with Crippen molar-refractivity contribution in [2.75, 3.05) is 52.6 Å². The maximum Gasteiger partial charge on any atom is 0.0933 e. The Kier molecular flexibility index (Phi) is 7.47. The molecule has 2 aliphatic rings. The highest BCUT2D eigenvalue weighted by molar-refractivity contribution is 5.21. The van der Waals surface area contributed by atoms with E-state index >= 15 is 0 Å². The van der Waals surface area contributed by atoms with Crippen LogP contribution in [0.25, 0.3) is 0 Å². The fraction of sp³-hybridized carbons (Fsp3) is 0.667. The van der Waals surface area contributed by atoms with Crippen molar-refractivity contribution < 1.29 is 18.9 Å². The van der Waals surface area contributed by atoms with E-state index in [1.165, 1.54) is 11.1 Å². The Labute approximate surface area is 143 Å². The average Bonchev–Trinajstić information content (AvgIpc) is 2.65. The van der Waals surface area contributed by atoms with Crippen molar-refractivity contribution in [1.82, 2.24) is 10.6 Å².